The minimum absolute atomic E-state index is 0.0101. The summed E-state index contributed by atoms with van der Waals surface area (Å²) in [7, 11) is -3.56. The zero-order chi connectivity index (χ0) is 25.1. The molecule has 0 N–H and O–H groups in total. The molecule has 3 aromatic heterocycles. The van der Waals surface area contributed by atoms with Gasteiger partial charge in [0.15, 0.2) is 0 Å². The van der Waals surface area contributed by atoms with Crippen LogP contribution >= 0.6 is 23.1 Å². The van der Waals surface area contributed by atoms with Crippen LogP contribution in [0.15, 0.2) is 74.9 Å². The highest BCUT2D eigenvalue weighted by molar-refractivity contribution is 7.99. The lowest BCUT2D eigenvalue weighted by Gasteiger charge is -2.25. The van der Waals surface area contributed by atoms with E-state index < -0.39 is 21.3 Å². The van der Waals surface area contributed by atoms with Crippen molar-refractivity contribution in [3.05, 3.63) is 97.9 Å². The van der Waals surface area contributed by atoms with Crippen molar-refractivity contribution in [2.24, 2.45) is 0 Å². The Kier molecular flexibility index (Phi) is 7.11. The molecule has 0 amide bonds. The van der Waals surface area contributed by atoms with Crippen molar-refractivity contribution in [2.75, 3.05) is 24.6 Å². The van der Waals surface area contributed by atoms with E-state index in [2.05, 4.69) is 16.8 Å². The molecular weight excluding hydrogens is 517 g/mol. The highest BCUT2D eigenvalue weighted by Crippen LogP contribution is 2.21. The van der Waals surface area contributed by atoms with Gasteiger partial charge in [-0.15, -0.1) is 11.3 Å². The van der Waals surface area contributed by atoms with Gasteiger partial charge in [0.1, 0.15) is 10.4 Å². The van der Waals surface area contributed by atoms with Gasteiger partial charge in [-0.1, -0.05) is 24.0 Å². The number of nitrogens with zero attached hydrogens (tertiary/aromatic N) is 4. The minimum Gasteiger partial charge on any atom is -0.268 e. The second-order valence-electron chi connectivity index (χ2n) is 8.12. The molecule has 0 unspecified atom stereocenters. The zero-order valence-electron chi connectivity index (χ0n) is 19.2. The largest absolute Gasteiger partial charge is 0.336 e. The van der Waals surface area contributed by atoms with Gasteiger partial charge in [0.25, 0.3) is 5.56 Å². The number of fused-ring (bicyclic) bond motifs is 1. The molecule has 1 saturated heterocycles. The van der Waals surface area contributed by atoms with Gasteiger partial charge < -0.3 is 0 Å². The van der Waals surface area contributed by atoms with E-state index in [0.29, 0.717) is 29.9 Å². The maximum Gasteiger partial charge on any atom is 0.336 e. The van der Waals surface area contributed by atoms with Gasteiger partial charge in [-0.05, 0) is 35.4 Å². The van der Waals surface area contributed by atoms with Crippen molar-refractivity contribution in [2.45, 2.75) is 17.9 Å². The minimum atomic E-state index is -3.56. The Bertz CT molecular complexity index is 1670. The predicted molar refractivity (Wildman–Crippen MR) is 142 cm³/mol. The summed E-state index contributed by atoms with van der Waals surface area (Å²) in [4.78, 5) is 31.1. The van der Waals surface area contributed by atoms with Crippen LogP contribution < -0.4 is 11.2 Å². The normalized spacial score (nSPS) is 14.4. The van der Waals surface area contributed by atoms with Crippen LogP contribution in [0.4, 0.5) is 0 Å². The van der Waals surface area contributed by atoms with Gasteiger partial charge in [0.05, 0.1) is 11.4 Å². The number of thioether (sulfide) groups is 1. The number of rotatable bonds is 5. The van der Waals surface area contributed by atoms with Crippen LogP contribution in [-0.2, 0) is 23.0 Å². The fourth-order valence-corrected chi connectivity index (χ4v) is 7.32. The molecule has 0 saturated carbocycles. The number of thiazole rings is 1. The lowest BCUT2D eigenvalue weighted by atomic mass is 10.2. The Balaban J connectivity index is 1.45. The first kappa shape index (κ1) is 24.5. The number of aromatic nitrogens is 3. The summed E-state index contributed by atoms with van der Waals surface area (Å²) in [6, 6.07) is 10.1. The molecular formula is C25H22N4O4S3. The molecule has 0 bridgehead atoms. The Morgan fingerprint density at radius 2 is 1.69 bits per heavy atom. The average Bonchev–Trinajstić information content (AvgIpc) is 3.40. The van der Waals surface area contributed by atoms with E-state index in [-0.39, 0.29) is 17.0 Å². The van der Waals surface area contributed by atoms with Crippen molar-refractivity contribution in [1.29, 1.82) is 0 Å². The Morgan fingerprint density at radius 1 is 0.972 bits per heavy atom. The van der Waals surface area contributed by atoms with Crippen molar-refractivity contribution in [3.8, 4) is 11.8 Å². The summed E-state index contributed by atoms with van der Waals surface area (Å²) in [5.74, 6) is 7.57. The van der Waals surface area contributed by atoms with Crippen LogP contribution in [-0.4, -0.2) is 51.3 Å². The molecule has 8 nitrogen and oxygen atoms in total. The summed E-state index contributed by atoms with van der Waals surface area (Å²) in [5.41, 5.74) is 0.964. The van der Waals surface area contributed by atoms with Gasteiger partial charge in [0.2, 0.25) is 10.0 Å². The predicted octanol–water partition coefficient (Wildman–Crippen LogP) is 2.30. The first-order chi connectivity index (χ1) is 17.4. The highest BCUT2D eigenvalue weighted by atomic mass is 32.2. The summed E-state index contributed by atoms with van der Waals surface area (Å²) >= 11 is 3.03. The van der Waals surface area contributed by atoms with Gasteiger partial charge in [0, 0.05) is 55.0 Å². The second kappa shape index (κ2) is 10.4. The summed E-state index contributed by atoms with van der Waals surface area (Å²) in [5, 5.41) is 1.74. The standard InChI is InChI=1S/C25H22N4O4S3/c30-23-22(3-1-2-19-8-10-26-11-9-19)24-28(14-17-35-24)25(31)29(23)18-20-4-6-21(7-5-20)36(32,33)27-12-15-34-16-13-27/h4-11,14,17H,2,12-13,15-16,18H2. The van der Waals surface area contributed by atoms with E-state index in [1.165, 1.54) is 32.2 Å². The fourth-order valence-electron chi connectivity index (χ4n) is 3.92. The number of hydrogen-bond acceptors (Lipinski definition) is 7. The fraction of sp³-hybridized carbons (Fsp3) is 0.240. The smallest absolute Gasteiger partial charge is 0.268 e. The third-order valence-electron chi connectivity index (χ3n) is 5.85. The highest BCUT2D eigenvalue weighted by Gasteiger charge is 2.26. The third-order valence-corrected chi connectivity index (χ3v) is 9.58. The molecule has 1 aliphatic heterocycles. The van der Waals surface area contributed by atoms with E-state index >= 15 is 0 Å². The van der Waals surface area contributed by atoms with Crippen LogP contribution in [0.2, 0.25) is 0 Å². The topological polar surface area (TPSA) is 93.7 Å². The summed E-state index contributed by atoms with van der Waals surface area (Å²) < 4.78 is 29.9. The molecule has 0 atom stereocenters. The summed E-state index contributed by atoms with van der Waals surface area (Å²) in [6.45, 7) is 0.995. The molecule has 1 aliphatic rings. The number of sulfonamides is 1. The van der Waals surface area contributed by atoms with Crippen molar-refractivity contribution >= 4 is 38.0 Å². The second-order valence-corrected chi connectivity index (χ2v) is 12.2. The molecule has 0 spiro atoms. The van der Waals surface area contributed by atoms with E-state index in [4.69, 9.17) is 0 Å². The number of pyridine rings is 1. The van der Waals surface area contributed by atoms with E-state index in [9.17, 15) is 18.0 Å². The number of hydrogen-bond donors (Lipinski definition) is 0. The van der Waals surface area contributed by atoms with Crippen molar-refractivity contribution < 1.29 is 8.42 Å². The SMILES string of the molecule is O=c1c(C#CCc2ccncc2)c2sccn2c(=O)n1Cc1ccc(S(=O)(=O)N2CCSCC2)cc1. The third kappa shape index (κ3) is 4.90. The zero-order valence-corrected chi connectivity index (χ0v) is 21.6. The molecule has 1 fully saturated rings. The van der Waals surface area contributed by atoms with Crippen molar-refractivity contribution in [1.82, 2.24) is 18.3 Å². The lowest BCUT2D eigenvalue weighted by Crippen LogP contribution is -2.39. The van der Waals surface area contributed by atoms with Gasteiger partial charge >= 0.3 is 5.69 Å². The molecule has 4 heterocycles. The van der Waals surface area contributed by atoms with Crippen molar-refractivity contribution in [3.63, 3.8) is 0 Å². The van der Waals surface area contributed by atoms with Gasteiger partial charge in [-0.3, -0.25) is 18.7 Å². The quantitative estimate of drug-likeness (QED) is 0.362. The molecule has 1 aromatic carbocycles. The molecule has 184 valence electrons. The van der Waals surface area contributed by atoms with Gasteiger partial charge in [-0.25, -0.2) is 13.2 Å². The van der Waals surface area contributed by atoms with Crippen LogP contribution in [0.5, 0.6) is 0 Å². The molecule has 0 aliphatic carbocycles. The number of benzene rings is 1. The molecule has 36 heavy (non-hydrogen) atoms. The summed E-state index contributed by atoms with van der Waals surface area (Å²) in [6.07, 6.45) is 5.44. The molecule has 5 rings (SSSR count). The van der Waals surface area contributed by atoms with E-state index in [0.717, 1.165) is 21.6 Å². The Labute approximate surface area is 216 Å². The molecule has 11 heteroatoms. The van der Waals surface area contributed by atoms with E-state index in [1.807, 2.05) is 12.1 Å². The van der Waals surface area contributed by atoms with E-state index in [1.54, 1.807) is 47.9 Å². The maximum absolute atomic E-state index is 13.3. The van der Waals surface area contributed by atoms with Crippen LogP contribution in [0.1, 0.15) is 16.7 Å². The van der Waals surface area contributed by atoms with Gasteiger partial charge in [-0.2, -0.15) is 16.1 Å². The monoisotopic (exact) mass is 538 g/mol. The molecule has 4 aromatic rings. The first-order valence-electron chi connectivity index (χ1n) is 11.2. The van der Waals surface area contributed by atoms with Crippen LogP contribution in [0, 0.1) is 11.8 Å². The Hall–Kier alpha value is -3.17. The maximum atomic E-state index is 13.3. The van der Waals surface area contributed by atoms with Crippen LogP contribution in [0.25, 0.3) is 4.83 Å². The lowest BCUT2D eigenvalue weighted by molar-refractivity contribution is 0.443. The van der Waals surface area contributed by atoms with Crippen LogP contribution in [0.3, 0.4) is 0 Å². The molecule has 0 radical (unpaired) electrons. The first-order valence-corrected chi connectivity index (χ1v) is 14.7. The average molecular weight is 539 g/mol. The Morgan fingerprint density at radius 3 is 2.42 bits per heavy atom.